The molecule has 64 heavy (non-hydrogen) atoms. The maximum atomic E-state index is 6.47. The van der Waals surface area contributed by atoms with Crippen LogP contribution < -0.4 is 0 Å². The van der Waals surface area contributed by atoms with Gasteiger partial charge in [0.25, 0.3) is 0 Å². The lowest BCUT2D eigenvalue weighted by molar-refractivity contribution is 0.669. The molecule has 3 aromatic heterocycles. The van der Waals surface area contributed by atoms with Crippen LogP contribution in [0.2, 0.25) is 0 Å². The zero-order valence-electron chi connectivity index (χ0n) is 34.6. The first kappa shape index (κ1) is 34.2. The zero-order valence-corrected chi connectivity index (χ0v) is 34.6. The van der Waals surface area contributed by atoms with Crippen molar-refractivity contribution in [3.05, 3.63) is 205 Å². The predicted molar refractivity (Wildman–Crippen MR) is 261 cm³/mol. The molecule has 2 aliphatic rings. The van der Waals surface area contributed by atoms with Gasteiger partial charge >= 0.3 is 0 Å². The summed E-state index contributed by atoms with van der Waals surface area (Å²) in [7, 11) is 0. The highest BCUT2D eigenvalue weighted by molar-refractivity contribution is 6.33. The minimum Gasteiger partial charge on any atom is -0.456 e. The Hall–Kier alpha value is -8.41. The van der Waals surface area contributed by atoms with Crippen LogP contribution in [0.5, 0.6) is 0 Å². The zero-order chi connectivity index (χ0) is 41.8. The second-order valence-electron chi connectivity index (χ2n) is 17.6. The molecule has 15 rings (SSSR count). The molecule has 1 aliphatic carbocycles. The van der Waals surface area contributed by atoms with Crippen molar-refractivity contribution >= 4 is 76.1 Å². The van der Waals surface area contributed by atoms with Gasteiger partial charge in [0.1, 0.15) is 11.2 Å². The van der Waals surface area contributed by atoms with Crippen LogP contribution in [-0.4, -0.2) is 19.5 Å². The Bertz CT molecular complexity index is 4230. The molecule has 10 aromatic carbocycles. The summed E-state index contributed by atoms with van der Waals surface area (Å²) in [5.74, 6) is 1.76. The van der Waals surface area contributed by atoms with E-state index in [1.54, 1.807) is 0 Å². The fourth-order valence-corrected chi connectivity index (χ4v) is 11.6. The van der Waals surface area contributed by atoms with E-state index < -0.39 is 5.41 Å². The Morgan fingerprint density at radius 2 is 1.08 bits per heavy atom. The monoisotopic (exact) mass is 814 g/mol. The first-order chi connectivity index (χ1) is 31.6. The number of hydrogen-bond donors (Lipinski definition) is 0. The van der Waals surface area contributed by atoms with Gasteiger partial charge in [-0.15, -0.1) is 0 Å². The summed E-state index contributed by atoms with van der Waals surface area (Å²) in [6.07, 6.45) is 0. The van der Waals surface area contributed by atoms with Crippen LogP contribution in [0.15, 0.2) is 192 Å². The molecule has 1 aliphatic heterocycles. The van der Waals surface area contributed by atoms with Crippen molar-refractivity contribution < 1.29 is 4.42 Å². The van der Waals surface area contributed by atoms with Gasteiger partial charge in [-0.25, -0.2) is 4.98 Å². The molecule has 1 unspecified atom stereocenters. The van der Waals surface area contributed by atoms with Crippen LogP contribution in [0.3, 0.4) is 0 Å². The first-order valence-electron chi connectivity index (χ1n) is 21.9. The number of para-hydroxylation sites is 2. The fraction of sp³-hybridized carbons (Fsp3) is 0.0339. The lowest BCUT2D eigenvalue weighted by Crippen LogP contribution is -2.24. The molecule has 1 atom stereocenters. The van der Waals surface area contributed by atoms with Gasteiger partial charge in [0.05, 0.1) is 11.0 Å². The van der Waals surface area contributed by atoms with E-state index in [9.17, 15) is 0 Å². The van der Waals surface area contributed by atoms with E-state index in [0.717, 1.165) is 71.6 Å². The van der Waals surface area contributed by atoms with Crippen molar-refractivity contribution in [1.29, 1.82) is 0 Å². The molecule has 4 heterocycles. The lowest BCUT2D eigenvalue weighted by atomic mass is 9.72. The van der Waals surface area contributed by atoms with E-state index in [0.29, 0.717) is 17.6 Å². The molecular formula is C59H34N4O. The van der Waals surface area contributed by atoms with Crippen molar-refractivity contribution in [2.75, 3.05) is 0 Å². The molecule has 0 saturated carbocycles. The minimum absolute atomic E-state index is 0.548. The SMILES string of the molecule is CC12c3ccccc3-c3nc(-c4ccc5c(c4)oc4ccccc45)nc(n3)-n3c4c(cccc4c4c5ccccc5c5ccccc5c43)-c3ccc(c1c3)-c1c2ccc2ccccc12. The Kier molecular flexibility index (Phi) is 6.49. The standard InChI is InChI=1S/C59H34N4O/c1-59-47-23-10-8-20-45(47)57-60-56(35-26-28-41-40-17-9-11-24-50(40)64-51(41)32-35)61-58(62-57)63-54-37(34-25-29-44(49(59)31-34)52-36-14-3-2-13-33(36)27-30-48(52)59)21-12-22-46(54)53-42-18-6-4-15-38(42)39-16-5-7-19-43(39)55(53)63/h2-32H,1H3. The van der Waals surface area contributed by atoms with Crippen LogP contribution in [-0.2, 0) is 5.41 Å². The van der Waals surface area contributed by atoms with Gasteiger partial charge in [0.2, 0.25) is 5.95 Å². The fourth-order valence-electron chi connectivity index (χ4n) is 11.6. The average molecular weight is 815 g/mol. The van der Waals surface area contributed by atoms with Gasteiger partial charge in [-0.3, -0.25) is 4.57 Å². The smallest absolute Gasteiger partial charge is 0.238 e. The number of rotatable bonds is 1. The molecule has 13 aromatic rings. The number of aromatic nitrogens is 4. The predicted octanol–water partition coefficient (Wildman–Crippen LogP) is 15.0. The second kappa shape index (κ2) is 12.2. The number of benzene rings is 10. The Balaban J connectivity index is 1.15. The summed E-state index contributed by atoms with van der Waals surface area (Å²) in [5.41, 5.74) is 13.6. The molecule has 0 N–H and O–H groups in total. The largest absolute Gasteiger partial charge is 0.456 e. The molecule has 0 fully saturated rings. The van der Waals surface area contributed by atoms with Crippen molar-refractivity contribution in [3.8, 4) is 51.0 Å². The quantitative estimate of drug-likeness (QED) is 0.155. The van der Waals surface area contributed by atoms with E-state index in [1.165, 1.54) is 54.6 Å². The minimum atomic E-state index is -0.548. The number of fused-ring (bicyclic) bond motifs is 24. The third-order valence-electron chi connectivity index (χ3n) is 14.4. The molecule has 4 bridgehead atoms. The number of furan rings is 1. The van der Waals surface area contributed by atoms with E-state index >= 15 is 0 Å². The van der Waals surface area contributed by atoms with Gasteiger partial charge < -0.3 is 4.42 Å². The summed E-state index contributed by atoms with van der Waals surface area (Å²) >= 11 is 0. The second-order valence-corrected chi connectivity index (χ2v) is 17.6. The van der Waals surface area contributed by atoms with Gasteiger partial charge in [-0.05, 0) is 91.5 Å². The van der Waals surface area contributed by atoms with Crippen molar-refractivity contribution in [2.24, 2.45) is 0 Å². The van der Waals surface area contributed by atoms with Crippen LogP contribution in [0.1, 0.15) is 23.6 Å². The van der Waals surface area contributed by atoms with Crippen LogP contribution >= 0.6 is 0 Å². The van der Waals surface area contributed by atoms with E-state index in [1.807, 2.05) is 12.1 Å². The molecule has 5 heteroatoms. The Morgan fingerprint density at radius 1 is 0.406 bits per heavy atom. The number of nitrogens with zero attached hydrogens (tertiary/aromatic N) is 4. The van der Waals surface area contributed by atoms with Crippen molar-refractivity contribution in [2.45, 2.75) is 12.3 Å². The maximum Gasteiger partial charge on any atom is 0.238 e. The number of hydrogen-bond acceptors (Lipinski definition) is 4. The van der Waals surface area contributed by atoms with Gasteiger partial charge in [-0.1, -0.05) is 164 Å². The average Bonchev–Trinajstić information content (AvgIpc) is 4.00. The maximum absolute atomic E-state index is 6.47. The third kappa shape index (κ3) is 4.30. The summed E-state index contributed by atoms with van der Waals surface area (Å²) in [6, 6.07) is 68.2. The Labute approximate surface area is 366 Å². The van der Waals surface area contributed by atoms with E-state index in [4.69, 9.17) is 19.4 Å². The van der Waals surface area contributed by atoms with E-state index in [-0.39, 0.29) is 0 Å². The highest BCUT2D eigenvalue weighted by atomic mass is 16.3. The van der Waals surface area contributed by atoms with Crippen LogP contribution in [0, 0.1) is 0 Å². The highest BCUT2D eigenvalue weighted by Gasteiger charge is 2.44. The summed E-state index contributed by atoms with van der Waals surface area (Å²) in [6.45, 7) is 2.40. The highest BCUT2D eigenvalue weighted by Crippen LogP contribution is 2.57. The van der Waals surface area contributed by atoms with Gasteiger partial charge in [0.15, 0.2) is 11.6 Å². The van der Waals surface area contributed by atoms with Crippen molar-refractivity contribution in [3.63, 3.8) is 0 Å². The third-order valence-corrected chi connectivity index (χ3v) is 14.4. The molecule has 0 spiro atoms. The molecule has 296 valence electrons. The normalized spacial score (nSPS) is 15.0. The van der Waals surface area contributed by atoms with Crippen LogP contribution in [0.25, 0.3) is 127 Å². The van der Waals surface area contributed by atoms with E-state index in [2.05, 4.69) is 187 Å². The molecule has 5 nitrogen and oxygen atoms in total. The lowest BCUT2D eigenvalue weighted by Gasteiger charge is -2.31. The Morgan fingerprint density at radius 3 is 1.97 bits per heavy atom. The summed E-state index contributed by atoms with van der Waals surface area (Å²) in [5, 5.41) is 11.7. The first-order valence-corrected chi connectivity index (χ1v) is 21.9. The summed E-state index contributed by atoms with van der Waals surface area (Å²) in [4.78, 5) is 16.7. The molecule has 0 radical (unpaired) electrons. The summed E-state index contributed by atoms with van der Waals surface area (Å²) < 4.78 is 8.80. The topological polar surface area (TPSA) is 56.7 Å². The van der Waals surface area contributed by atoms with Crippen LogP contribution in [0.4, 0.5) is 0 Å². The molecule has 0 saturated heterocycles. The molecule has 0 amide bonds. The molecular weight excluding hydrogens is 781 g/mol. The van der Waals surface area contributed by atoms with Gasteiger partial charge in [0, 0.05) is 49.0 Å². The van der Waals surface area contributed by atoms with Crippen molar-refractivity contribution in [1.82, 2.24) is 19.5 Å². The van der Waals surface area contributed by atoms with Gasteiger partial charge in [-0.2, -0.15) is 9.97 Å².